The van der Waals surface area contributed by atoms with E-state index in [9.17, 15) is 14.9 Å². The fourth-order valence-corrected chi connectivity index (χ4v) is 2.93. The molecule has 0 radical (unpaired) electrons. The van der Waals surface area contributed by atoms with Crippen LogP contribution in [0.4, 0.5) is 11.4 Å². The van der Waals surface area contributed by atoms with Crippen LogP contribution in [0.5, 0.6) is 0 Å². The molecule has 0 aliphatic rings. The summed E-state index contributed by atoms with van der Waals surface area (Å²) in [6.45, 7) is 6.19. The van der Waals surface area contributed by atoms with Crippen molar-refractivity contribution >= 4 is 28.6 Å². The molecule has 0 spiro atoms. The third-order valence-electron chi connectivity index (χ3n) is 3.20. The van der Waals surface area contributed by atoms with Crippen LogP contribution in [-0.2, 0) is 6.42 Å². The Labute approximate surface area is 144 Å². The lowest BCUT2D eigenvalue weighted by atomic mass is 10.1. The second-order valence-corrected chi connectivity index (χ2v) is 6.98. The molecule has 0 fully saturated rings. The summed E-state index contributed by atoms with van der Waals surface area (Å²) in [6, 6.07) is 4.42. The third kappa shape index (κ3) is 4.76. The highest BCUT2D eigenvalue weighted by molar-refractivity contribution is 7.11. The van der Waals surface area contributed by atoms with E-state index in [4.69, 9.17) is 0 Å². The molecule has 7 nitrogen and oxygen atoms in total. The molecule has 1 aromatic heterocycles. The average Bonchev–Trinajstić information content (AvgIpc) is 2.92. The highest BCUT2D eigenvalue weighted by Gasteiger charge is 2.17. The van der Waals surface area contributed by atoms with Crippen LogP contribution in [0.3, 0.4) is 0 Å². The Morgan fingerprint density at radius 1 is 1.42 bits per heavy atom. The largest absolute Gasteiger partial charge is 0.379 e. The smallest absolute Gasteiger partial charge is 0.293 e. The van der Waals surface area contributed by atoms with Gasteiger partial charge in [0.25, 0.3) is 11.6 Å². The Morgan fingerprint density at radius 2 is 2.17 bits per heavy atom. The van der Waals surface area contributed by atoms with Crippen LogP contribution < -0.4 is 10.6 Å². The predicted molar refractivity (Wildman–Crippen MR) is 94.7 cm³/mol. The van der Waals surface area contributed by atoms with Gasteiger partial charge in [0.1, 0.15) is 5.69 Å². The number of hydrogen-bond donors (Lipinski definition) is 2. The Bertz CT molecular complexity index is 743. The van der Waals surface area contributed by atoms with E-state index in [0.717, 1.165) is 9.88 Å². The molecule has 0 bridgehead atoms. The second-order valence-electron chi connectivity index (χ2n) is 5.66. The summed E-state index contributed by atoms with van der Waals surface area (Å²) in [5.41, 5.74) is 0.563. The zero-order valence-corrected chi connectivity index (χ0v) is 14.6. The van der Waals surface area contributed by atoms with Crippen molar-refractivity contribution in [1.29, 1.82) is 0 Å². The minimum absolute atomic E-state index is 0.0314. The molecular weight excluding hydrogens is 328 g/mol. The van der Waals surface area contributed by atoms with Crippen LogP contribution in [0.1, 0.15) is 34.1 Å². The number of aryl methyl sites for hydroxylation is 1. The Hall–Kier alpha value is -2.48. The first-order chi connectivity index (χ1) is 11.4. The Balaban J connectivity index is 2.08. The van der Waals surface area contributed by atoms with Crippen LogP contribution >= 0.6 is 11.3 Å². The summed E-state index contributed by atoms with van der Waals surface area (Å²) in [6.07, 6.45) is 2.50. The quantitative estimate of drug-likeness (QED) is 0.592. The van der Waals surface area contributed by atoms with Crippen molar-refractivity contribution < 1.29 is 9.72 Å². The molecule has 128 valence electrons. The summed E-state index contributed by atoms with van der Waals surface area (Å²) < 4.78 is 0. The number of hydrogen-bond acceptors (Lipinski definition) is 6. The number of aromatic nitrogens is 1. The summed E-state index contributed by atoms with van der Waals surface area (Å²) in [5.74, 6) is -0.321. The zero-order chi connectivity index (χ0) is 17.7. The highest BCUT2D eigenvalue weighted by Crippen LogP contribution is 2.26. The number of nitro benzene ring substituents is 1. The fraction of sp³-hybridized carbons (Fsp3) is 0.375. The molecule has 1 heterocycles. The van der Waals surface area contributed by atoms with E-state index in [1.54, 1.807) is 23.5 Å². The van der Waals surface area contributed by atoms with Crippen molar-refractivity contribution in [3.63, 3.8) is 0 Å². The summed E-state index contributed by atoms with van der Waals surface area (Å²) in [5, 5.41) is 18.0. The van der Waals surface area contributed by atoms with Gasteiger partial charge < -0.3 is 10.6 Å². The maximum absolute atomic E-state index is 12.0. The van der Waals surface area contributed by atoms with Crippen molar-refractivity contribution in [3.8, 4) is 0 Å². The topological polar surface area (TPSA) is 97.2 Å². The van der Waals surface area contributed by atoms with E-state index >= 15 is 0 Å². The van der Waals surface area contributed by atoms with Gasteiger partial charge in [0.05, 0.1) is 9.93 Å². The van der Waals surface area contributed by atoms with Crippen LogP contribution in [0.2, 0.25) is 0 Å². The molecular formula is C16H20N4O3S. The maximum Gasteiger partial charge on any atom is 0.293 e. The normalized spacial score (nSPS) is 10.7. The molecule has 0 atom stereocenters. The molecule has 0 saturated carbocycles. The van der Waals surface area contributed by atoms with Gasteiger partial charge in [-0.2, -0.15) is 0 Å². The van der Waals surface area contributed by atoms with Crippen molar-refractivity contribution in [1.82, 2.24) is 10.3 Å². The van der Waals surface area contributed by atoms with E-state index in [-0.39, 0.29) is 23.2 Å². The van der Waals surface area contributed by atoms with Gasteiger partial charge in [0.15, 0.2) is 0 Å². The lowest BCUT2D eigenvalue weighted by molar-refractivity contribution is -0.384. The molecule has 1 amide bonds. The zero-order valence-electron chi connectivity index (χ0n) is 13.8. The molecule has 2 aromatic rings. The van der Waals surface area contributed by atoms with Crippen molar-refractivity contribution in [2.24, 2.45) is 0 Å². The molecule has 2 rings (SSSR count). The lowest BCUT2D eigenvalue weighted by Crippen LogP contribution is -2.30. The van der Waals surface area contributed by atoms with Crippen molar-refractivity contribution in [3.05, 3.63) is 50.0 Å². The van der Waals surface area contributed by atoms with Crippen molar-refractivity contribution in [2.45, 2.75) is 33.2 Å². The number of anilines is 1. The van der Waals surface area contributed by atoms with Crippen LogP contribution in [-0.4, -0.2) is 28.4 Å². The molecule has 0 unspecified atom stereocenters. The summed E-state index contributed by atoms with van der Waals surface area (Å²) in [7, 11) is 0. The van der Waals surface area contributed by atoms with E-state index in [1.165, 1.54) is 6.07 Å². The fourth-order valence-electron chi connectivity index (χ4n) is 2.14. The lowest BCUT2D eigenvalue weighted by Gasteiger charge is -2.10. The van der Waals surface area contributed by atoms with E-state index in [0.29, 0.717) is 18.7 Å². The van der Waals surface area contributed by atoms with Gasteiger partial charge in [-0.05, 0) is 32.9 Å². The molecule has 2 N–H and O–H groups in total. The van der Waals surface area contributed by atoms with Gasteiger partial charge in [0.2, 0.25) is 0 Å². The number of rotatable bonds is 7. The van der Waals surface area contributed by atoms with Crippen molar-refractivity contribution in [2.75, 3.05) is 11.9 Å². The first-order valence-corrected chi connectivity index (χ1v) is 8.43. The van der Waals surface area contributed by atoms with Crippen LogP contribution in [0, 0.1) is 17.0 Å². The minimum Gasteiger partial charge on any atom is -0.379 e. The van der Waals surface area contributed by atoms with Gasteiger partial charge in [-0.1, -0.05) is 0 Å². The number of amides is 1. The monoisotopic (exact) mass is 348 g/mol. The standard InChI is InChI=1S/C16H20N4O3S/c1-10(2)19-16(21)12-4-5-13(14(8-12)20(22)23)17-7-6-15-18-9-11(3)24-15/h4-5,8-10,17H,6-7H2,1-3H3,(H,19,21). The molecule has 24 heavy (non-hydrogen) atoms. The van der Waals surface area contributed by atoms with Crippen LogP contribution in [0.25, 0.3) is 0 Å². The van der Waals surface area contributed by atoms with Gasteiger partial charge in [-0.3, -0.25) is 14.9 Å². The molecule has 0 saturated heterocycles. The van der Waals surface area contributed by atoms with Gasteiger partial charge in [-0.25, -0.2) is 4.98 Å². The number of nitrogens with one attached hydrogen (secondary N) is 2. The maximum atomic E-state index is 12.0. The third-order valence-corrected chi connectivity index (χ3v) is 4.17. The number of benzene rings is 1. The number of nitro groups is 1. The highest BCUT2D eigenvalue weighted by atomic mass is 32.1. The first kappa shape index (κ1) is 17.9. The van der Waals surface area contributed by atoms with E-state index in [1.807, 2.05) is 27.0 Å². The predicted octanol–water partition coefficient (Wildman–Crippen LogP) is 3.15. The second kappa shape index (κ2) is 7.87. The summed E-state index contributed by atoms with van der Waals surface area (Å²) in [4.78, 5) is 28.2. The Morgan fingerprint density at radius 3 is 2.75 bits per heavy atom. The van der Waals surface area contributed by atoms with E-state index in [2.05, 4.69) is 15.6 Å². The van der Waals surface area contributed by atoms with Gasteiger partial charge in [0, 0.05) is 41.7 Å². The SMILES string of the molecule is Cc1cnc(CCNc2ccc(C(=O)NC(C)C)cc2[N+](=O)[O-])s1. The van der Waals surface area contributed by atoms with E-state index < -0.39 is 4.92 Å². The minimum atomic E-state index is -0.484. The molecule has 1 aromatic carbocycles. The summed E-state index contributed by atoms with van der Waals surface area (Å²) >= 11 is 1.61. The number of nitrogens with zero attached hydrogens (tertiary/aromatic N) is 2. The number of carbonyl (C=O) groups excluding carboxylic acids is 1. The molecule has 0 aliphatic carbocycles. The molecule has 0 aliphatic heterocycles. The van der Waals surface area contributed by atoms with Crippen LogP contribution in [0.15, 0.2) is 24.4 Å². The van der Waals surface area contributed by atoms with Gasteiger partial charge >= 0.3 is 0 Å². The number of carbonyl (C=O) groups is 1. The Kier molecular flexibility index (Phi) is 5.86. The number of thiazole rings is 1. The average molecular weight is 348 g/mol. The first-order valence-electron chi connectivity index (χ1n) is 7.61. The molecule has 8 heteroatoms. The van der Waals surface area contributed by atoms with Gasteiger partial charge in [-0.15, -0.1) is 11.3 Å².